The molecule has 0 spiro atoms. The third-order valence-corrected chi connectivity index (χ3v) is 4.46. The van der Waals surface area contributed by atoms with Gasteiger partial charge in [0.15, 0.2) is 11.5 Å². The third-order valence-electron chi connectivity index (χ3n) is 3.40. The van der Waals surface area contributed by atoms with Crippen molar-refractivity contribution in [2.75, 3.05) is 7.11 Å². The lowest BCUT2D eigenvalue weighted by Gasteiger charge is -2.06. The molecule has 20 heavy (non-hydrogen) atoms. The zero-order valence-corrected chi connectivity index (χ0v) is 12.1. The predicted molar refractivity (Wildman–Crippen MR) is 80.7 cm³/mol. The van der Waals surface area contributed by atoms with Crippen molar-refractivity contribution in [2.24, 2.45) is 4.99 Å². The minimum atomic E-state index is 0.111. The molecule has 4 nitrogen and oxygen atoms in total. The summed E-state index contributed by atoms with van der Waals surface area (Å²) >= 11 is 1.65. The van der Waals surface area contributed by atoms with E-state index in [0.29, 0.717) is 11.3 Å². The van der Waals surface area contributed by atoms with Gasteiger partial charge in [0, 0.05) is 16.7 Å². The second-order valence-corrected chi connectivity index (χ2v) is 5.79. The SMILES string of the molecule is COc1cccc(C=Nc2nc3c(s2)CCCC3)c1O. The average molecular weight is 288 g/mol. The quantitative estimate of drug-likeness (QED) is 0.880. The minimum Gasteiger partial charge on any atom is -0.504 e. The van der Waals surface area contributed by atoms with Crippen LogP contribution in [0, 0.1) is 0 Å². The topological polar surface area (TPSA) is 54.7 Å². The van der Waals surface area contributed by atoms with E-state index in [1.54, 1.807) is 29.7 Å². The maximum atomic E-state index is 10.00. The first-order valence-corrected chi connectivity index (χ1v) is 7.48. The summed E-state index contributed by atoms with van der Waals surface area (Å²) in [4.78, 5) is 10.3. The highest BCUT2D eigenvalue weighted by atomic mass is 32.1. The maximum Gasteiger partial charge on any atom is 0.209 e. The third kappa shape index (κ3) is 2.54. The fourth-order valence-electron chi connectivity index (χ4n) is 2.33. The van der Waals surface area contributed by atoms with Crippen molar-refractivity contribution in [1.82, 2.24) is 4.98 Å². The number of aliphatic imine (C=N–C) groups is 1. The van der Waals surface area contributed by atoms with E-state index in [1.165, 1.54) is 30.5 Å². The first-order chi connectivity index (χ1) is 9.78. The van der Waals surface area contributed by atoms with Crippen LogP contribution in [0.25, 0.3) is 0 Å². The summed E-state index contributed by atoms with van der Waals surface area (Å²) in [7, 11) is 1.53. The maximum absolute atomic E-state index is 10.00. The molecule has 0 bridgehead atoms. The molecular weight excluding hydrogens is 272 g/mol. The molecule has 1 aliphatic carbocycles. The number of thiazole rings is 1. The zero-order chi connectivity index (χ0) is 13.9. The predicted octanol–water partition coefficient (Wildman–Crippen LogP) is 3.49. The Bertz CT molecular complexity index is 626. The Kier molecular flexibility index (Phi) is 3.69. The lowest BCUT2D eigenvalue weighted by Crippen LogP contribution is -1.98. The van der Waals surface area contributed by atoms with Crippen LogP contribution in [0.15, 0.2) is 23.2 Å². The highest BCUT2D eigenvalue weighted by molar-refractivity contribution is 7.15. The van der Waals surface area contributed by atoms with E-state index >= 15 is 0 Å². The molecule has 0 atom stereocenters. The smallest absolute Gasteiger partial charge is 0.209 e. The number of para-hydroxylation sites is 1. The van der Waals surface area contributed by atoms with Crippen molar-refractivity contribution in [2.45, 2.75) is 25.7 Å². The normalized spacial score (nSPS) is 14.4. The second kappa shape index (κ2) is 5.63. The van der Waals surface area contributed by atoms with Gasteiger partial charge in [-0.3, -0.25) is 0 Å². The van der Waals surface area contributed by atoms with Gasteiger partial charge >= 0.3 is 0 Å². The van der Waals surface area contributed by atoms with Gasteiger partial charge in [-0.25, -0.2) is 9.98 Å². The first kappa shape index (κ1) is 13.1. The standard InChI is InChI=1S/C15H16N2O2S/c1-19-12-7-4-5-10(14(12)18)9-16-15-17-11-6-2-3-8-13(11)20-15/h4-5,7,9,18H,2-3,6,8H2,1H3. The largest absolute Gasteiger partial charge is 0.504 e. The molecule has 104 valence electrons. The Labute approximate surface area is 121 Å². The lowest BCUT2D eigenvalue weighted by atomic mass is 10.0. The van der Waals surface area contributed by atoms with Crippen molar-refractivity contribution in [3.05, 3.63) is 34.3 Å². The Morgan fingerprint density at radius 1 is 1.35 bits per heavy atom. The summed E-state index contributed by atoms with van der Waals surface area (Å²) in [6, 6.07) is 5.34. The highest BCUT2D eigenvalue weighted by Crippen LogP contribution is 2.32. The van der Waals surface area contributed by atoms with Crippen molar-refractivity contribution in [3.63, 3.8) is 0 Å². The Morgan fingerprint density at radius 3 is 3.00 bits per heavy atom. The number of aryl methyl sites for hydroxylation is 2. The monoisotopic (exact) mass is 288 g/mol. The van der Waals surface area contributed by atoms with Crippen LogP contribution in [-0.2, 0) is 12.8 Å². The molecule has 0 saturated heterocycles. The van der Waals surface area contributed by atoms with Crippen molar-refractivity contribution < 1.29 is 9.84 Å². The lowest BCUT2D eigenvalue weighted by molar-refractivity contribution is 0.373. The molecule has 1 aliphatic rings. The van der Waals surface area contributed by atoms with Crippen LogP contribution in [0.2, 0.25) is 0 Å². The zero-order valence-electron chi connectivity index (χ0n) is 11.3. The molecular formula is C15H16N2O2S. The van der Waals surface area contributed by atoms with E-state index in [-0.39, 0.29) is 5.75 Å². The number of ether oxygens (including phenoxy) is 1. The summed E-state index contributed by atoms with van der Waals surface area (Å²) in [5.74, 6) is 0.562. The van der Waals surface area contributed by atoms with Gasteiger partial charge in [-0.05, 0) is 37.8 Å². The van der Waals surface area contributed by atoms with E-state index in [9.17, 15) is 5.11 Å². The van der Waals surface area contributed by atoms with Gasteiger partial charge in [0.1, 0.15) is 0 Å². The molecule has 1 heterocycles. The number of fused-ring (bicyclic) bond motifs is 1. The molecule has 1 aromatic heterocycles. The van der Waals surface area contributed by atoms with E-state index in [0.717, 1.165) is 18.0 Å². The first-order valence-electron chi connectivity index (χ1n) is 6.66. The van der Waals surface area contributed by atoms with Gasteiger partial charge in [-0.15, -0.1) is 0 Å². The van der Waals surface area contributed by atoms with Gasteiger partial charge in [-0.2, -0.15) is 0 Å². The molecule has 0 radical (unpaired) electrons. The van der Waals surface area contributed by atoms with E-state index in [4.69, 9.17) is 4.74 Å². The highest BCUT2D eigenvalue weighted by Gasteiger charge is 2.14. The number of phenols is 1. The van der Waals surface area contributed by atoms with E-state index in [1.807, 2.05) is 6.07 Å². The molecule has 1 aromatic carbocycles. The van der Waals surface area contributed by atoms with Gasteiger partial charge in [-0.1, -0.05) is 17.4 Å². The number of hydrogen-bond acceptors (Lipinski definition) is 5. The molecule has 2 aromatic rings. The molecule has 5 heteroatoms. The molecule has 3 rings (SSSR count). The van der Waals surface area contributed by atoms with Crippen LogP contribution in [-0.4, -0.2) is 23.4 Å². The van der Waals surface area contributed by atoms with E-state index in [2.05, 4.69) is 9.98 Å². The second-order valence-electron chi connectivity index (χ2n) is 4.73. The summed E-state index contributed by atoms with van der Waals surface area (Å²) in [6.45, 7) is 0. The Hall–Kier alpha value is -1.88. The number of rotatable bonds is 3. The van der Waals surface area contributed by atoms with Crippen LogP contribution in [0.4, 0.5) is 5.13 Å². The summed E-state index contributed by atoms with van der Waals surface area (Å²) < 4.78 is 5.08. The van der Waals surface area contributed by atoms with Crippen LogP contribution < -0.4 is 4.74 Å². The molecule has 0 fully saturated rings. The fourth-order valence-corrected chi connectivity index (χ4v) is 3.32. The van der Waals surface area contributed by atoms with Crippen molar-refractivity contribution in [1.29, 1.82) is 0 Å². The van der Waals surface area contributed by atoms with Gasteiger partial charge < -0.3 is 9.84 Å². The molecule has 0 aliphatic heterocycles. The number of nitrogens with zero attached hydrogens (tertiary/aromatic N) is 2. The number of hydrogen-bond donors (Lipinski definition) is 1. The van der Waals surface area contributed by atoms with Gasteiger partial charge in [0.05, 0.1) is 12.8 Å². The number of phenolic OH excluding ortho intramolecular Hbond substituents is 1. The Balaban J connectivity index is 1.85. The van der Waals surface area contributed by atoms with Crippen LogP contribution in [0.1, 0.15) is 29.0 Å². The van der Waals surface area contributed by atoms with Crippen molar-refractivity contribution in [3.8, 4) is 11.5 Å². The van der Waals surface area contributed by atoms with Gasteiger partial charge in [0.25, 0.3) is 0 Å². The Morgan fingerprint density at radius 2 is 2.20 bits per heavy atom. The van der Waals surface area contributed by atoms with Crippen LogP contribution in [0.3, 0.4) is 0 Å². The van der Waals surface area contributed by atoms with E-state index < -0.39 is 0 Å². The average Bonchev–Trinajstić information content (AvgIpc) is 2.89. The van der Waals surface area contributed by atoms with Crippen LogP contribution in [0.5, 0.6) is 11.5 Å². The summed E-state index contributed by atoms with van der Waals surface area (Å²) in [5, 5.41) is 10.8. The number of benzene rings is 1. The van der Waals surface area contributed by atoms with Gasteiger partial charge in [0.2, 0.25) is 5.13 Å². The summed E-state index contributed by atoms with van der Waals surface area (Å²) in [6.07, 6.45) is 6.28. The molecule has 1 N–H and O–H groups in total. The number of aromatic nitrogens is 1. The molecule has 0 amide bonds. The molecule has 0 saturated carbocycles. The minimum absolute atomic E-state index is 0.111. The van der Waals surface area contributed by atoms with Crippen molar-refractivity contribution >= 4 is 22.7 Å². The fraction of sp³-hybridized carbons (Fsp3) is 0.333. The number of aromatic hydroxyl groups is 1. The number of methoxy groups -OCH3 is 1. The summed E-state index contributed by atoms with van der Waals surface area (Å²) in [5.41, 5.74) is 1.83. The van der Waals surface area contributed by atoms with Crippen LogP contribution >= 0.6 is 11.3 Å². The molecule has 0 unspecified atom stereocenters.